The van der Waals surface area contributed by atoms with Crippen LogP contribution in [0.1, 0.15) is 11.4 Å². The molecule has 2 heterocycles. The molecule has 1 aromatic heterocycles. The quantitative estimate of drug-likeness (QED) is 0.412. The highest BCUT2D eigenvalue weighted by molar-refractivity contribution is 8.18. The van der Waals surface area contributed by atoms with Gasteiger partial charge in [0.25, 0.3) is 5.91 Å². The average Bonchev–Trinajstić information content (AvgIpc) is 3.29. The first-order chi connectivity index (χ1) is 16.0. The standard InChI is InChI=1S/C22H18Cl2F3N5OS/c1-31(2)8-9-32-16-10-12(6-7-15(16)28-20(32)22(25,26)27)11-17-19(33)30-21(34-17)29-18-13(23)4-3-5-14(18)24/h3-7,10-11H,8-9H2,1-2H3,(H,29,30,33)/b17-11-. The topological polar surface area (TPSA) is 62.5 Å². The van der Waals surface area contributed by atoms with Gasteiger partial charge in [-0.05, 0) is 61.8 Å². The van der Waals surface area contributed by atoms with Crippen LogP contribution < -0.4 is 5.32 Å². The molecule has 0 spiro atoms. The first-order valence-corrected chi connectivity index (χ1v) is 11.6. The highest BCUT2D eigenvalue weighted by atomic mass is 35.5. The van der Waals surface area contributed by atoms with Crippen LogP contribution in [0.4, 0.5) is 18.9 Å². The van der Waals surface area contributed by atoms with Crippen molar-refractivity contribution in [3.8, 4) is 0 Å². The number of aromatic nitrogens is 2. The molecule has 12 heteroatoms. The second-order valence-electron chi connectivity index (χ2n) is 7.69. The largest absolute Gasteiger partial charge is 0.449 e. The summed E-state index contributed by atoms with van der Waals surface area (Å²) in [5.41, 5.74) is 1.54. The number of hydrogen-bond acceptors (Lipinski definition) is 5. The van der Waals surface area contributed by atoms with E-state index in [0.717, 1.165) is 16.3 Å². The fourth-order valence-corrected chi connectivity index (χ4v) is 4.62. The van der Waals surface area contributed by atoms with E-state index in [0.29, 0.717) is 43.4 Å². The van der Waals surface area contributed by atoms with E-state index in [-0.39, 0.29) is 12.1 Å². The summed E-state index contributed by atoms with van der Waals surface area (Å²) in [6, 6.07) is 9.71. The SMILES string of the molecule is CN(C)CCn1c(C(F)(F)F)nc2ccc(/C=C3\SC(Nc4c(Cl)cccc4Cl)=NC3=O)cc21. The minimum atomic E-state index is -4.59. The average molecular weight is 528 g/mol. The molecular weight excluding hydrogens is 510 g/mol. The van der Waals surface area contributed by atoms with Crippen LogP contribution in [0, 0.1) is 0 Å². The summed E-state index contributed by atoms with van der Waals surface area (Å²) >= 11 is 13.4. The van der Waals surface area contributed by atoms with Crippen LogP contribution in [-0.4, -0.2) is 46.2 Å². The molecule has 0 atom stereocenters. The van der Waals surface area contributed by atoms with E-state index in [9.17, 15) is 18.0 Å². The minimum Gasteiger partial charge on any atom is -0.332 e. The lowest BCUT2D eigenvalue weighted by molar-refractivity contribution is -0.147. The fourth-order valence-electron chi connectivity index (χ4n) is 3.31. The molecule has 2 aromatic carbocycles. The number of thioether (sulfide) groups is 1. The molecule has 3 aromatic rings. The Kier molecular flexibility index (Phi) is 6.95. The number of nitrogens with one attached hydrogen (secondary N) is 1. The van der Waals surface area contributed by atoms with E-state index in [1.807, 2.05) is 0 Å². The number of anilines is 1. The number of alkyl halides is 3. The highest BCUT2D eigenvalue weighted by Gasteiger charge is 2.37. The molecule has 34 heavy (non-hydrogen) atoms. The molecule has 0 bridgehead atoms. The number of carbonyl (C=O) groups is 1. The number of fused-ring (bicyclic) bond motifs is 1. The number of likely N-dealkylation sites (N-methyl/N-ethyl adjacent to an activating group) is 1. The van der Waals surface area contributed by atoms with Gasteiger partial charge in [0.1, 0.15) is 0 Å². The van der Waals surface area contributed by atoms with Crippen LogP contribution in [0.15, 0.2) is 46.3 Å². The van der Waals surface area contributed by atoms with Gasteiger partial charge in [-0.3, -0.25) is 4.79 Å². The predicted octanol–water partition coefficient (Wildman–Crippen LogP) is 6.01. The van der Waals surface area contributed by atoms with Gasteiger partial charge in [0.05, 0.1) is 31.7 Å². The highest BCUT2D eigenvalue weighted by Crippen LogP contribution is 2.36. The summed E-state index contributed by atoms with van der Waals surface area (Å²) in [7, 11) is 3.57. The lowest BCUT2D eigenvalue weighted by atomic mass is 10.2. The Balaban J connectivity index is 1.63. The van der Waals surface area contributed by atoms with Gasteiger partial charge < -0.3 is 14.8 Å². The van der Waals surface area contributed by atoms with E-state index in [1.54, 1.807) is 55.4 Å². The number of rotatable bonds is 5. The molecule has 1 aliphatic heterocycles. The van der Waals surface area contributed by atoms with E-state index < -0.39 is 17.9 Å². The van der Waals surface area contributed by atoms with Crippen molar-refractivity contribution in [1.82, 2.24) is 14.5 Å². The van der Waals surface area contributed by atoms with Crippen LogP contribution in [0.3, 0.4) is 0 Å². The van der Waals surface area contributed by atoms with Gasteiger partial charge in [-0.25, -0.2) is 4.98 Å². The third kappa shape index (κ3) is 5.25. The number of halogens is 5. The molecule has 0 saturated heterocycles. The van der Waals surface area contributed by atoms with E-state index >= 15 is 0 Å². The third-order valence-corrected chi connectivity index (χ3v) is 6.44. The predicted molar refractivity (Wildman–Crippen MR) is 131 cm³/mol. The maximum Gasteiger partial charge on any atom is 0.449 e. The molecule has 0 radical (unpaired) electrons. The van der Waals surface area contributed by atoms with Gasteiger partial charge in [-0.2, -0.15) is 18.2 Å². The van der Waals surface area contributed by atoms with Crippen LogP contribution in [0.2, 0.25) is 10.0 Å². The number of aliphatic imine (C=N–C) groups is 1. The molecule has 1 N–H and O–H groups in total. The van der Waals surface area contributed by atoms with Crippen LogP contribution in [0.25, 0.3) is 17.1 Å². The van der Waals surface area contributed by atoms with E-state index in [4.69, 9.17) is 23.2 Å². The molecule has 0 unspecified atom stereocenters. The Morgan fingerprint density at radius 1 is 1.18 bits per heavy atom. The van der Waals surface area contributed by atoms with Crippen molar-refractivity contribution >= 4 is 68.8 Å². The van der Waals surface area contributed by atoms with Crippen LogP contribution >= 0.6 is 35.0 Å². The Morgan fingerprint density at radius 2 is 1.88 bits per heavy atom. The van der Waals surface area contributed by atoms with Crippen molar-refractivity contribution in [2.75, 3.05) is 26.0 Å². The second-order valence-corrected chi connectivity index (χ2v) is 9.54. The molecule has 4 rings (SSSR count). The zero-order chi connectivity index (χ0) is 24.6. The lowest BCUT2D eigenvalue weighted by Gasteiger charge is -2.14. The first-order valence-electron chi connectivity index (χ1n) is 9.99. The van der Waals surface area contributed by atoms with Gasteiger partial charge in [0, 0.05) is 13.1 Å². The van der Waals surface area contributed by atoms with Crippen LogP contribution in [0.5, 0.6) is 0 Å². The third-order valence-electron chi connectivity index (χ3n) is 4.91. The maximum absolute atomic E-state index is 13.6. The van der Waals surface area contributed by atoms with Gasteiger partial charge >= 0.3 is 6.18 Å². The number of nitrogens with zero attached hydrogens (tertiary/aromatic N) is 4. The van der Waals surface area contributed by atoms with Gasteiger partial charge in [-0.15, -0.1) is 0 Å². The Hall–Kier alpha value is -2.53. The Bertz CT molecular complexity index is 1310. The maximum atomic E-state index is 13.6. The summed E-state index contributed by atoms with van der Waals surface area (Å²) in [6.45, 7) is 0.517. The lowest BCUT2D eigenvalue weighted by Crippen LogP contribution is -2.22. The second kappa shape index (κ2) is 9.61. The number of amidine groups is 1. The van der Waals surface area contributed by atoms with Gasteiger partial charge in [0.2, 0.25) is 5.82 Å². The van der Waals surface area contributed by atoms with Gasteiger partial charge in [0.15, 0.2) is 5.17 Å². The van der Waals surface area contributed by atoms with Gasteiger partial charge in [-0.1, -0.05) is 35.3 Å². The number of benzene rings is 2. The van der Waals surface area contributed by atoms with Crippen molar-refractivity contribution in [1.29, 1.82) is 0 Å². The van der Waals surface area contributed by atoms with E-state index in [1.165, 1.54) is 6.07 Å². The number of imidazole rings is 1. The monoisotopic (exact) mass is 527 g/mol. The van der Waals surface area contributed by atoms with Crippen molar-refractivity contribution in [3.05, 3.63) is 62.7 Å². The molecule has 0 aliphatic carbocycles. The minimum absolute atomic E-state index is 0.113. The molecule has 178 valence electrons. The summed E-state index contributed by atoms with van der Waals surface area (Å²) < 4.78 is 41.9. The summed E-state index contributed by atoms with van der Waals surface area (Å²) in [4.78, 5) is 22.3. The smallest absolute Gasteiger partial charge is 0.332 e. The number of carbonyl (C=O) groups excluding carboxylic acids is 1. The zero-order valence-corrected chi connectivity index (χ0v) is 20.3. The summed E-state index contributed by atoms with van der Waals surface area (Å²) in [5.74, 6) is -1.43. The molecule has 0 fully saturated rings. The molecule has 1 amide bonds. The number of amides is 1. The molecule has 0 saturated carbocycles. The van der Waals surface area contributed by atoms with Crippen molar-refractivity contribution in [2.24, 2.45) is 4.99 Å². The number of hydrogen-bond donors (Lipinski definition) is 1. The molecule has 1 aliphatic rings. The first kappa shape index (κ1) is 24.6. The Labute approximate surface area is 207 Å². The number of para-hydroxylation sites is 1. The Morgan fingerprint density at radius 3 is 2.53 bits per heavy atom. The van der Waals surface area contributed by atoms with Crippen molar-refractivity contribution in [3.63, 3.8) is 0 Å². The van der Waals surface area contributed by atoms with Crippen molar-refractivity contribution < 1.29 is 18.0 Å². The molecular formula is C22H18Cl2F3N5OS. The van der Waals surface area contributed by atoms with E-state index in [2.05, 4.69) is 15.3 Å². The summed E-state index contributed by atoms with van der Waals surface area (Å²) in [6.07, 6.45) is -3.01. The fraction of sp³-hybridized carbons (Fsp3) is 0.227. The zero-order valence-electron chi connectivity index (χ0n) is 18.0. The summed E-state index contributed by atoms with van der Waals surface area (Å²) in [5, 5.41) is 3.99. The normalized spacial score (nSPS) is 15.6. The van der Waals surface area contributed by atoms with Crippen molar-refractivity contribution in [2.45, 2.75) is 12.7 Å². The van der Waals surface area contributed by atoms with Crippen LogP contribution in [-0.2, 0) is 17.5 Å². The molecule has 6 nitrogen and oxygen atoms in total.